The van der Waals surface area contributed by atoms with Crippen LogP contribution in [0.3, 0.4) is 0 Å². The summed E-state index contributed by atoms with van der Waals surface area (Å²) in [6, 6.07) is 22.5. The van der Waals surface area contributed by atoms with Crippen LogP contribution in [-0.4, -0.2) is 31.7 Å². The van der Waals surface area contributed by atoms with Crippen LogP contribution >= 0.6 is 11.6 Å². The Bertz CT molecular complexity index is 1230. The minimum Gasteiger partial charge on any atom is -0.326 e. The summed E-state index contributed by atoms with van der Waals surface area (Å²) in [7, 11) is -3.68. The van der Waals surface area contributed by atoms with E-state index in [0.29, 0.717) is 35.8 Å². The summed E-state index contributed by atoms with van der Waals surface area (Å²) in [6.07, 6.45) is 1.24. The van der Waals surface area contributed by atoms with Gasteiger partial charge in [0.25, 0.3) is 0 Å². The highest BCUT2D eigenvalue weighted by atomic mass is 35.5. The standard InChI is InChI=1S/C24H23ClN4O3S/c25-19-8-14-23(15-9-19)33(31,32)29-16-4-5-18(17-29)24(30)26-20-10-12-22(13-11-20)28-27-21-6-2-1-3-7-21/h1-3,6-15,18H,4-5,16-17H2,(H,26,30). The summed E-state index contributed by atoms with van der Waals surface area (Å²) < 4.78 is 27.3. The number of amides is 1. The first-order valence-electron chi connectivity index (χ1n) is 10.6. The number of anilines is 1. The van der Waals surface area contributed by atoms with E-state index in [1.54, 1.807) is 36.4 Å². The first kappa shape index (κ1) is 23.1. The number of piperidine rings is 1. The average molecular weight is 483 g/mol. The summed E-state index contributed by atoms with van der Waals surface area (Å²) in [5.74, 6) is -0.636. The van der Waals surface area contributed by atoms with Gasteiger partial charge in [0.1, 0.15) is 0 Å². The van der Waals surface area contributed by atoms with E-state index >= 15 is 0 Å². The van der Waals surface area contributed by atoms with Gasteiger partial charge in [-0.3, -0.25) is 4.79 Å². The van der Waals surface area contributed by atoms with Gasteiger partial charge in [0.05, 0.1) is 22.2 Å². The quantitative estimate of drug-likeness (QED) is 0.450. The number of carbonyl (C=O) groups excluding carboxylic acids is 1. The number of carbonyl (C=O) groups is 1. The van der Waals surface area contributed by atoms with E-state index in [1.807, 2.05) is 30.3 Å². The molecule has 0 aromatic heterocycles. The predicted octanol–water partition coefficient (Wildman–Crippen LogP) is 5.79. The van der Waals surface area contributed by atoms with Gasteiger partial charge in [-0.05, 0) is 73.5 Å². The van der Waals surface area contributed by atoms with Crippen LogP contribution in [0.4, 0.5) is 17.1 Å². The molecule has 0 bridgehead atoms. The molecule has 7 nitrogen and oxygen atoms in total. The highest BCUT2D eigenvalue weighted by Gasteiger charge is 2.33. The van der Waals surface area contributed by atoms with Crippen LogP contribution < -0.4 is 5.32 Å². The van der Waals surface area contributed by atoms with Gasteiger partial charge in [0.2, 0.25) is 15.9 Å². The van der Waals surface area contributed by atoms with Crippen molar-refractivity contribution in [3.8, 4) is 0 Å². The molecule has 1 aliphatic heterocycles. The van der Waals surface area contributed by atoms with Gasteiger partial charge in [-0.1, -0.05) is 29.8 Å². The molecule has 9 heteroatoms. The highest BCUT2D eigenvalue weighted by Crippen LogP contribution is 2.26. The van der Waals surface area contributed by atoms with Gasteiger partial charge >= 0.3 is 0 Å². The number of hydrogen-bond donors (Lipinski definition) is 1. The summed E-state index contributed by atoms with van der Waals surface area (Å²) in [5.41, 5.74) is 2.04. The molecule has 1 N–H and O–H groups in total. The molecule has 0 saturated carbocycles. The van der Waals surface area contributed by atoms with E-state index in [-0.39, 0.29) is 17.3 Å². The van der Waals surface area contributed by atoms with Crippen LogP contribution in [0.25, 0.3) is 0 Å². The SMILES string of the molecule is O=C(Nc1ccc(N=Nc2ccccc2)cc1)C1CCCN(S(=O)(=O)c2ccc(Cl)cc2)C1. The molecular weight excluding hydrogens is 460 g/mol. The highest BCUT2D eigenvalue weighted by molar-refractivity contribution is 7.89. The zero-order chi connectivity index (χ0) is 23.3. The lowest BCUT2D eigenvalue weighted by molar-refractivity contribution is -0.120. The van der Waals surface area contributed by atoms with Crippen molar-refractivity contribution in [3.05, 3.63) is 83.9 Å². The molecule has 1 atom stereocenters. The predicted molar refractivity (Wildman–Crippen MR) is 129 cm³/mol. The average Bonchev–Trinajstić information content (AvgIpc) is 2.84. The number of nitrogens with one attached hydrogen (secondary N) is 1. The fourth-order valence-corrected chi connectivity index (χ4v) is 5.25. The van der Waals surface area contributed by atoms with Crippen molar-refractivity contribution in [1.82, 2.24) is 4.31 Å². The second-order valence-electron chi connectivity index (χ2n) is 7.73. The zero-order valence-corrected chi connectivity index (χ0v) is 19.3. The maximum Gasteiger partial charge on any atom is 0.243 e. The lowest BCUT2D eigenvalue weighted by Gasteiger charge is -2.31. The minimum absolute atomic E-state index is 0.139. The molecule has 3 aromatic carbocycles. The van der Waals surface area contributed by atoms with Crippen LogP contribution in [0.15, 0.2) is 94.0 Å². The van der Waals surface area contributed by atoms with Gasteiger partial charge in [0.15, 0.2) is 0 Å². The summed E-state index contributed by atoms with van der Waals surface area (Å²) in [5, 5.41) is 11.7. The summed E-state index contributed by atoms with van der Waals surface area (Å²) in [6.45, 7) is 0.524. The molecule has 1 amide bonds. The lowest BCUT2D eigenvalue weighted by Crippen LogP contribution is -2.43. The molecule has 1 saturated heterocycles. The van der Waals surface area contributed by atoms with Crippen molar-refractivity contribution in [1.29, 1.82) is 0 Å². The summed E-state index contributed by atoms with van der Waals surface area (Å²) >= 11 is 5.87. The Labute approximate surface area is 198 Å². The van der Waals surface area contributed by atoms with Crippen molar-refractivity contribution in [2.24, 2.45) is 16.1 Å². The fourth-order valence-electron chi connectivity index (χ4n) is 3.60. The molecule has 3 aromatic rings. The molecule has 1 unspecified atom stereocenters. The summed E-state index contributed by atoms with van der Waals surface area (Å²) in [4.78, 5) is 13.0. The van der Waals surface area contributed by atoms with Crippen molar-refractivity contribution in [2.75, 3.05) is 18.4 Å². The zero-order valence-electron chi connectivity index (χ0n) is 17.8. The molecule has 1 aliphatic rings. The van der Waals surface area contributed by atoms with E-state index in [1.165, 1.54) is 16.4 Å². The van der Waals surface area contributed by atoms with Crippen molar-refractivity contribution in [3.63, 3.8) is 0 Å². The molecule has 1 heterocycles. The van der Waals surface area contributed by atoms with Crippen LogP contribution in [-0.2, 0) is 14.8 Å². The van der Waals surface area contributed by atoms with Crippen molar-refractivity contribution in [2.45, 2.75) is 17.7 Å². The van der Waals surface area contributed by atoms with E-state index < -0.39 is 15.9 Å². The third-order valence-corrected chi connectivity index (χ3v) is 7.51. The Balaban J connectivity index is 1.38. The van der Waals surface area contributed by atoms with Gasteiger partial charge in [0, 0.05) is 23.8 Å². The number of benzene rings is 3. The number of nitrogens with zero attached hydrogens (tertiary/aromatic N) is 3. The first-order chi connectivity index (χ1) is 15.9. The van der Waals surface area contributed by atoms with Crippen molar-refractivity contribution < 1.29 is 13.2 Å². The molecule has 1 fully saturated rings. The number of hydrogen-bond acceptors (Lipinski definition) is 5. The number of rotatable bonds is 6. The molecule has 4 rings (SSSR count). The maximum absolute atomic E-state index is 13.0. The Morgan fingerprint density at radius 1 is 0.909 bits per heavy atom. The number of sulfonamides is 1. The van der Waals surface area contributed by atoms with E-state index in [9.17, 15) is 13.2 Å². The Kier molecular flexibility index (Phi) is 7.17. The smallest absolute Gasteiger partial charge is 0.243 e. The van der Waals surface area contributed by atoms with Gasteiger partial charge in [-0.15, -0.1) is 0 Å². The third-order valence-electron chi connectivity index (χ3n) is 5.38. The Morgan fingerprint density at radius 3 is 2.21 bits per heavy atom. The van der Waals surface area contributed by atoms with Crippen LogP contribution in [0.5, 0.6) is 0 Å². The largest absolute Gasteiger partial charge is 0.326 e. The van der Waals surface area contributed by atoms with E-state index in [0.717, 1.165) is 5.69 Å². The Morgan fingerprint density at radius 2 is 1.55 bits per heavy atom. The molecule has 0 radical (unpaired) electrons. The van der Waals surface area contributed by atoms with Gasteiger partial charge in [-0.2, -0.15) is 14.5 Å². The topological polar surface area (TPSA) is 91.2 Å². The lowest BCUT2D eigenvalue weighted by atomic mass is 9.98. The van der Waals surface area contributed by atoms with Crippen molar-refractivity contribution >= 4 is 44.6 Å². The molecular formula is C24H23ClN4O3S. The maximum atomic E-state index is 13.0. The van der Waals surface area contributed by atoms with E-state index in [2.05, 4.69) is 15.5 Å². The molecule has 170 valence electrons. The second-order valence-corrected chi connectivity index (χ2v) is 10.1. The monoisotopic (exact) mass is 482 g/mol. The second kappa shape index (κ2) is 10.2. The first-order valence-corrected chi connectivity index (χ1v) is 12.4. The number of azo groups is 1. The Hall–Kier alpha value is -3.07. The molecule has 0 spiro atoms. The normalized spacial score (nSPS) is 17.2. The minimum atomic E-state index is -3.68. The van der Waals surface area contributed by atoms with Crippen LogP contribution in [0.1, 0.15) is 12.8 Å². The van der Waals surface area contributed by atoms with Gasteiger partial charge < -0.3 is 5.32 Å². The van der Waals surface area contributed by atoms with Crippen LogP contribution in [0.2, 0.25) is 5.02 Å². The molecule has 0 aliphatic carbocycles. The van der Waals surface area contributed by atoms with E-state index in [4.69, 9.17) is 11.6 Å². The van der Waals surface area contributed by atoms with Gasteiger partial charge in [-0.25, -0.2) is 8.42 Å². The number of halogens is 1. The molecule has 33 heavy (non-hydrogen) atoms. The third kappa shape index (κ3) is 5.84. The van der Waals surface area contributed by atoms with Crippen LogP contribution in [0, 0.1) is 5.92 Å². The fraction of sp³-hybridized carbons (Fsp3) is 0.208.